The minimum absolute atomic E-state index is 0.0881. The van der Waals surface area contributed by atoms with E-state index in [1.807, 2.05) is 34.9 Å². The molecule has 0 unspecified atom stereocenters. The van der Waals surface area contributed by atoms with Crippen molar-refractivity contribution in [3.63, 3.8) is 0 Å². The van der Waals surface area contributed by atoms with E-state index in [0.717, 1.165) is 49.6 Å². The lowest BCUT2D eigenvalue weighted by Gasteiger charge is -2.43. The van der Waals surface area contributed by atoms with Gasteiger partial charge in [-0.05, 0) is 42.2 Å². The van der Waals surface area contributed by atoms with Gasteiger partial charge in [0.2, 0.25) is 5.88 Å². The monoisotopic (exact) mass is 388 g/mol. The van der Waals surface area contributed by atoms with Crippen LogP contribution in [0, 0.1) is 5.92 Å². The van der Waals surface area contributed by atoms with Crippen molar-refractivity contribution in [1.82, 2.24) is 19.4 Å². The summed E-state index contributed by atoms with van der Waals surface area (Å²) in [4.78, 5) is 24.0. The maximum absolute atomic E-state index is 12.8. The standard InChI is InChI=1S/C23H24N4O2/c1-29-22-9-16(5-7-25-22)12-26-13-17-8-19(15-26)21-10-18(11-23(28)27(21)14-17)20-4-2-3-6-24-20/h2-7,9-11,17,19H,8,12-15H2,1H3/t17-,19+/m0/s1. The number of hydrogen-bond donors (Lipinski definition) is 0. The Balaban J connectivity index is 1.43. The van der Waals surface area contributed by atoms with E-state index in [2.05, 4.69) is 20.9 Å². The lowest BCUT2D eigenvalue weighted by Crippen LogP contribution is -2.46. The Morgan fingerprint density at radius 1 is 1.07 bits per heavy atom. The summed E-state index contributed by atoms with van der Waals surface area (Å²) in [6, 6.07) is 13.8. The number of fused-ring (bicyclic) bond motifs is 4. The smallest absolute Gasteiger partial charge is 0.251 e. The van der Waals surface area contributed by atoms with Crippen molar-refractivity contribution in [3.05, 3.63) is 76.5 Å². The van der Waals surface area contributed by atoms with Gasteiger partial charge in [0.05, 0.1) is 12.8 Å². The van der Waals surface area contributed by atoms with Crippen LogP contribution in [0.3, 0.4) is 0 Å². The molecule has 0 aromatic carbocycles. The molecule has 5 heterocycles. The first kappa shape index (κ1) is 18.1. The molecule has 0 N–H and O–H groups in total. The van der Waals surface area contributed by atoms with Gasteiger partial charge in [0.25, 0.3) is 5.56 Å². The van der Waals surface area contributed by atoms with E-state index in [9.17, 15) is 4.79 Å². The predicted octanol–water partition coefficient (Wildman–Crippen LogP) is 2.93. The van der Waals surface area contributed by atoms with E-state index in [1.165, 1.54) is 5.56 Å². The number of nitrogens with zero attached hydrogens (tertiary/aromatic N) is 4. The molecule has 1 saturated heterocycles. The molecule has 6 heteroatoms. The molecule has 5 rings (SSSR count). The van der Waals surface area contributed by atoms with Crippen LogP contribution in [0.25, 0.3) is 11.3 Å². The van der Waals surface area contributed by atoms with E-state index in [-0.39, 0.29) is 5.56 Å². The number of piperidine rings is 1. The van der Waals surface area contributed by atoms with Gasteiger partial charge < -0.3 is 9.30 Å². The first-order chi connectivity index (χ1) is 14.2. The molecule has 0 spiro atoms. The van der Waals surface area contributed by atoms with Gasteiger partial charge in [0.15, 0.2) is 0 Å². The number of aromatic nitrogens is 3. The molecular weight excluding hydrogens is 364 g/mol. The Morgan fingerprint density at radius 2 is 2.00 bits per heavy atom. The molecule has 6 nitrogen and oxygen atoms in total. The highest BCUT2D eigenvalue weighted by Gasteiger charge is 2.35. The predicted molar refractivity (Wildman–Crippen MR) is 111 cm³/mol. The van der Waals surface area contributed by atoms with Gasteiger partial charge in [-0.2, -0.15) is 0 Å². The largest absolute Gasteiger partial charge is 0.481 e. The Hall–Kier alpha value is -2.99. The third kappa shape index (κ3) is 3.56. The van der Waals surface area contributed by atoms with Crippen LogP contribution in [0.15, 0.2) is 59.7 Å². The van der Waals surface area contributed by atoms with Crippen molar-refractivity contribution < 1.29 is 4.74 Å². The van der Waals surface area contributed by atoms with Crippen LogP contribution in [0.5, 0.6) is 5.88 Å². The lowest BCUT2D eigenvalue weighted by atomic mass is 9.82. The van der Waals surface area contributed by atoms with Crippen LogP contribution in [-0.4, -0.2) is 39.6 Å². The van der Waals surface area contributed by atoms with E-state index < -0.39 is 0 Å². The van der Waals surface area contributed by atoms with Crippen molar-refractivity contribution >= 4 is 0 Å². The third-order valence-electron chi connectivity index (χ3n) is 6.01. The van der Waals surface area contributed by atoms with Crippen molar-refractivity contribution in [3.8, 4) is 17.1 Å². The molecule has 0 radical (unpaired) electrons. The van der Waals surface area contributed by atoms with Gasteiger partial charge >= 0.3 is 0 Å². The molecule has 29 heavy (non-hydrogen) atoms. The average molecular weight is 388 g/mol. The maximum atomic E-state index is 12.8. The Kier molecular flexibility index (Phi) is 4.64. The topological polar surface area (TPSA) is 60.2 Å². The zero-order chi connectivity index (χ0) is 19.8. The van der Waals surface area contributed by atoms with E-state index >= 15 is 0 Å². The van der Waals surface area contributed by atoms with Crippen molar-refractivity contribution in [2.75, 3.05) is 20.2 Å². The normalized spacial score (nSPS) is 20.9. The minimum atomic E-state index is 0.0881. The zero-order valence-corrected chi connectivity index (χ0v) is 16.5. The summed E-state index contributed by atoms with van der Waals surface area (Å²) in [5.41, 5.74) is 4.20. The highest BCUT2D eigenvalue weighted by molar-refractivity contribution is 5.59. The van der Waals surface area contributed by atoms with Gasteiger partial charge in [-0.15, -0.1) is 0 Å². The van der Waals surface area contributed by atoms with Crippen LogP contribution in [0.2, 0.25) is 0 Å². The van der Waals surface area contributed by atoms with Gasteiger partial charge in [0, 0.05) is 67.9 Å². The second kappa shape index (κ2) is 7.44. The van der Waals surface area contributed by atoms with Crippen molar-refractivity contribution in [2.45, 2.75) is 25.4 Å². The molecule has 3 aromatic rings. The number of methoxy groups -OCH3 is 1. The summed E-state index contributed by atoms with van der Waals surface area (Å²) in [5.74, 6) is 1.52. The van der Waals surface area contributed by atoms with Crippen molar-refractivity contribution in [2.24, 2.45) is 5.92 Å². The molecular formula is C23H24N4O2. The number of ether oxygens (including phenoxy) is 1. The summed E-state index contributed by atoms with van der Waals surface area (Å²) in [5, 5.41) is 0. The van der Waals surface area contributed by atoms with Crippen molar-refractivity contribution in [1.29, 1.82) is 0 Å². The highest BCUT2D eigenvalue weighted by atomic mass is 16.5. The zero-order valence-electron chi connectivity index (χ0n) is 16.5. The number of pyridine rings is 3. The summed E-state index contributed by atoms with van der Waals surface area (Å²) in [7, 11) is 1.64. The fourth-order valence-electron chi connectivity index (χ4n) is 4.79. The summed E-state index contributed by atoms with van der Waals surface area (Å²) in [6.07, 6.45) is 4.71. The molecule has 148 valence electrons. The molecule has 2 aliphatic heterocycles. The molecule has 2 atom stereocenters. The first-order valence-corrected chi connectivity index (χ1v) is 10.1. The van der Waals surface area contributed by atoms with Crippen LogP contribution in [0.4, 0.5) is 0 Å². The molecule has 2 aliphatic rings. The first-order valence-electron chi connectivity index (χ1n) is 10.1. The van der Waals surface area contributed by atoms with Crippen LogP contribution >= 0.6 is 0 Å². The summed E-state index contributed by atoms with van der Waals surface area (Å²) in [6.45, 7) is 3.63. The molecule has 0 amide bonds. The average Bonchev–Trinajstić information content (AvgIpc) is 2.75. The Bertz CT molecular complexity index is 1080. The van der Waals surface area contributed by atoms with E-state index in [1.54, 1.807) is 25.6 Å². The lowest BCUT2D eigenvalue weighted by molar-refractivity contribution is 0.114. The molecule has 3 aromatic heterocycles. The Labute approximate surface area is 169 Å². The molecule has 1 fully saturated rings. The SMILES string of the molecule is COc1cc(CN2C[C@@H]3C[C@H](C2)c2cc(-c4ccccn4)cc(=O)n2C3)ccn1. The van der Waals surface area contributed by atoms with Crippen LogP contribution < -0.4 is 10.3 Å². The number of rotatable bonds is 4. The molecule has 0 aliphatic carbocycles. The molecule has 0 saturated carbocycles. The van der Waals surface area contributed by atoms with Crippen LogP contribution in [0.1, 0.15) is 23.6 Å². The molecule has 2 bridgehead atoms. The fourth-order valence-corrected chi connectivity index (χ4v) is 4.79. The van der Waals surface area contributed by atoms with Gasteiger partial charge in [-0.3, -0.25) is 14.7 Å². The van der Waals surface area contributed by atoms with Gasteiger partial charge in [-0.25, -0.2) is 4.98 Å². The quantitative estimate of drug-likeness (QED) is 0.688. The second-order valence-corrected chi connectivity index (χ2v) is 8.03. The highest BCUT2D eigenvalue weighted by Crippen LogP contribution is 2.36. The van der Waals surface area contributed by atoms with Gasteiger partial charge in [0.1, 0.15) is 0 Å². The fraction of sp³-hybridized carbons (Fsp3) is 0.348. The van der Waals surface area contributed by atoms with E-state index in [4.69, 9.17) is 4.74 Å². The maximum Gasteiger partial charge on any atom is 0.251 e. The van der Waals surface area contributed by atoms with Crippen LogP contribution in [-0.2, 0) is 13.1 Å². The number of hydrogen-bond acceptors (Lipinski definition) is 5. The summed E-state index contributed by atoms with van der Waals surface area (Å²) >= 11 is 0. The van der Waals surface area contributed by atoms with Gasteiger partial charge in [-0.1, -0.05) is 6.07 Å². The van der Waals surface area contributed by atoms with E-state index in [0.29, 0.717) is 17.7 Å². The number of likely N-dealkylation sites (tertiary alicyclic amines) is 1. The Morgan fingerprint density at radius 3 is 2.83 bits per heavy atom. The third-order valence-corrected chi connectivity index (χ3v) is 6.01. The summed E-state index contributed by atoms with van der Waals surface area (Å²) < 4.78 is 7.24. The second-order valence-electron chi connectivity index (χ2n) is 8.03. The minimum Gasteiger partial charge on any atom is -0.481 e.